The van der Waals surface area contributed by atoms with Gasteiger partial charge in [-0.3, -0.25) is 14.8 Å². The van der Waals surface area contributed by atoms with E-state index in [9.17, 15) is 19.5 Å². The first-order chi connectivity index (χ1) is 12.5. The third-order valence-electron chi connectivity index (χ3n) is 3.59. The number of aromatic hydroxyl groups is 1. The minimum absolute atomic E-state index is 0.0993. The van der Waals surface area contributed by atoms with Gasteiger partial charge in [-0.05, 0) is 36.4 Å². The first-order valence-corrected chi connectivity index (χ1v) is 7.48. The molecule has 130 valence electrons. The molecule has 0 aliphatic rings. The van der Waals surface area contributed by atoms with E-state index in [1.54, 1.807) is 30.3 Å². The summed E-state index contributed by atoms with van der Waals surface area (Å²) in [6.45, 7) is 0. The Bertz CT molecular complexity index is 1100. The van der Waals surface area contributed by atoms with E-state index in [2.05, 4.69) is 9.98 Å². The van der Waals surface area contributed by atoms with Crippen LogP contribution in [0.4, 0.5) is 5.69 Å². The van der Waals surface area contributed by atoms with Gasteiger partial charge in [-0.25, -0.2) is 14.2 Å². The van der Waals surface area contributed by atoms with Gasteiger partial charge in [-0.2, -0.15) is 0 Å². The number of rotatable bonds is 4. The molecule has 3 rings (SSSR count). The van der Waals surface area contributed by atoms with E-state index >= 15 is 0 Å². The van der Waals surface area contributed by atoms with Crippen molar-refractivity contribution in [1.82, 2.24) is 9.55 Å². The Morgan fingerprint density at radius 1 is 1.04 bits per heavy atom. The SMILES string of the molecule is O=C(O)c1ccc(N=Cc2c(O)n(-c3ccccc3)c(=O)[nH]c2=O)cc1. The van der Waals surface area contributed by atoms with Crippen molar-refractivity contribution in [1.29, 1.82) is 0 Å². The maximum absolute atomic E-state index is 12.0. The lowest BCUT2D eigenvalue weighted by molar-refractivity contribution is 0.0697. The highest BCUT2D eigenvalue weighted by Crippen LogP contribution is 2.17. The van der Waals surface area contributed by atoms with Gasteiger partial charge in [0.2, 0.25) is 5.88 Å². The van der Waals surface area contributed by atoms with Gasteiger partial charge in [-0.15, -0.1) is 0 Å². The van der Waals surface area contributed by atoms with Crippen LogP contribution in [0.25, 0.3) is 5.69 Å². The number of aliphatic imine (C=N–C) groups is 1. The molecule has 8 nitrogen and oxygen atoms in total. The smallest absolute Gasteiger partial charge is 0.335 e. The highest BCUT2D eigenvalue weighted by Gasteiger charge is 2.13. The highest BCUT2D eigenvalue weighted by molar-refractivity contribution is 5.88. The van der Waals surface area contributed by atoms with E-state index in [1.165, 1.54) is 24.3 Å². The predicted molar refractivity (Wildman–Crippen MR) is 95.0 cm³/mol. The maximum Gasteiger partial charge on any atom is 0.335 e. The zero-order chi connectivity index (χ0) is 18.7. The molecule has 0 spiro atoms. The molecule has 0 radical (unpaired) electrons. The minimum Gasteiger partial charge on any atom is -0.493 e. The largest absolute Gasteiger partial charge is 0.493 e. The van der Waals surface area contributed by atoms with Gasteiger partial charge in [0.15, 0.2) is 0 Å². The highest BCUT2D eigenvalue weighted by atomic mass is 16.4. The van der Waals surface area contributed by atoms with Crippen LogP contribution >= 0.6 is 0 Å². The summed E-state index contributed by atoms with van der Waals surface area (Å²) in [4.78, 5) is 41.1. The molecule has 0 aliphatic carbocycles. The van der Waals surface area contributed by atoms with Crippen LogP contribution in [0.3, 0.4) is 0 Å². The summed E-state index contributed by atoms with van der Waals surface area (Å²) in [5, 5.41) is 19.2. The van der Waals surface area contributed by atoms with Crippen molar-refractivity contribution in [3.63, 3.8) is 0 Å². The molecule has 0 atom stereocenters. The topological polar surface area (TPSA) is 125 Å². The number of benzene rings is 2. The number of carbonyl (C=O) groups is 1. The third kappa shape index (κ3) is 3.29. The van der Waals surface area contributed by atoms with Gasteiger partial charge < -0.3 is 10.2 Å². The Hall–Kier alpha value is -3.94. The second-order valence-electron chi connectivity index (χ2n) is 5.28. The van der Waals surface area contributed by atoms with Crippen LogP contribution in [-0.4, -0.2) is 31.9 Å². The van der Waals surface area contributed by atoms with Crippen LogP contribution < -0.4 is 11.2 Å². The molecule has 8 heteroatoms. The summed E-state index contributed by atoms with van der Waals surface area (Å²) < 4.78 is 0.955. The summed E-state index contributed by atoms with van der Waals surface area (Å²) in [5.41, 5.74) is -0.900. The van der Waals surface area contributed by atoms with Crippen LogP contribution in [0, 0.1) is 0 Å². The number of hydrogen-bond donors (Lipinski definition) is 3. The molecule has 3 N–H and O–H groups in total. The number of nitrogens with one attached hydrogen (secondary N) is 1. The molecule has 0 saturated carbocycles. The zero-order valence-corrected chi connectivity index (χ0v) is 13.3. The van der Waals surface area contributed by atoms with E-state index in [1.807, 2.05) is 0 Å². The molecule has 3 aromatic rings. The third-order valence-corrected chi connectivity index (χ3v) is 3.59. The molecule has 0 fully saturated rings. The van der Waals surface area contributed by atoms with Crippen molar-refractivity contribution in [2.24, 2.45) is 4.99 Å². The number of carboxylic acids is 1. The number of hydrogen-bond acceptors (Lipinski definition) is 5. The number of aromatic carboxylic acids is 1. The molecule has 1 aromatic heterocycles. The van der Waals surface area contributed by atoms with E-state index < -0.39 is 23.1 Å². The predicted octanol–water partition coefficient (Wildman–Crippen LogP) is 1.68. The molecule has 0 amide bonds. The van der Waals surface area contributed by atoms with Crippen molar-refractivity contribution in [3.05, 3.63) is 86.6 Å². The van der Waals surface area contributed by atoms with Gasteiger partial charge >= 0.3 is 11.7 Å². The molecule has 2 aromatic carbocycles. The van der Waals surface area contributed by atoms with Gasteiger partial charge in [0.05, 0.1) is 16.9 Å². The van der Waals surface area contributed by atoms with Crippen LogP contribution in [0.15, 0.2) is 69.2 Å². The number of carboxylic acid groups (broad SMARTS) is 1. The fourth-order valence-corrected chi connectivity index (χ4v) is 2.30. The Balaban J connectivity index is 2.04. The standard InChI is InChI=1S/C18H13N3O5/c22-15-14(10-19-12-8-6-11(7-9-12)17(24)25)16(23)21(18(26)20-15)13-4-2-1-3-5-13/h1-10,23H,(H,24,25)(H,20,22,26). The molecule has 26 heavy (non-hydrogen) atoms. The van der Waals surface area contributed by atoms with E-state index in [0.717, 1.165) is 10.8 Å². The second kappa shape index (κ2) is 6.89. The fraction of sp³-hybridized carbons (Fsp3) is 0. The first-order valence-electron chi connectivity index (χ1n) is 7.48. The fourth-order valence-electron chi connectivity index (χ4n) is 2.30. The summed E-state index contributed by atoms with van der Waals surface area (Å²) >= 11 is 0. The average Bonchev–Trinajstić information content (AvgIpc) is 2.62. The van der Waals surface area contributed by atoms with Crippen LogP contribution in [0.1, 0.15) is 15.9 Å². The van der Waals surface area contributed by atoms with E-state index in [-0.39, 0.29) is 11.1 Å². The summed E-state index contributed by atoms with van der Waals surface area (Å²) in [6.07, 6.45) is 1.11. The number of H-pyrrole nitrogens is 1. The lowest BCUT2D eigenvalue weighted by Crippen LogP contribution is -2.31. The van der Waals surface area contributed by atoms with Gasteiger partial charge in [0.25, 0.3) is 5.56 Å². The average molecular weight is 351 g/mol. The number of aromatic amines is 1. The summed E-state index contributed by atoms with van der Waals surface area (Å²) in [6, 6.07) is 14.0. The van der Waals surface area contributed by atoms with Crippen molar-refractivity contribution >= 4 is 17.9 Å². The molecule has 0 aliphatic heterocycles. The molecular formula is C18H13N3O5. The van der Waals surface area contributed by atoms with Crippen LogP contribution in [0.2, 0.25) is 0 Å². The van der Waals surface area contributed by atoms with Crippen molar-refractivity contribution in [2.45, 2.75) is 0 Å². The second-order valence-corrected chi connectivity index (χ2v) is 5.28. The molecular weight excluding hydrogens is 338 g/mol. The maximum atomic E-state index is 12.0. The number of aromatic nitrogens is 2. The van der Waals surface area contributed by atoms with Gasteiger partial charge in [-0.1, -0.05) is 18.2 Å². The monoisotopic (exact) mass is 351 g/mol. The summed E-state index contributed by atoms with van der Waals surface area (Å²) in [5.74, 6) is -1.61. The summed E-state index contributed by atoms with van der Waals surface area (Å²) in [7, 11) is 0. The Morgan fingerprint density at radius 2 is 1.69 bits per heavy atom. The van der Waals surface area contributed by atoms with E-state index in [4.69, 9.17) is 5.11 Å². The Labute approximate surface area is 146 Å². The lowest BCUT2D eigenvalue weighted by atomic mass is 10.2. The van der Waals surface area contributed by atoms with Crippen LogP contribution in [0.5, 0.6) is 5.88 Å². The van der Waals surface area contributed by atoms with Crippen molar-refractivity contribution in [2.75, 3.05) is 0 Å². The van der Waals surface area contributed by atoms with Gasteiger partial charge in [0.1, 0.15) is 5.56 Å². The lowest BCUT2D eigenvalue weighted by Gasteiger charge is -2.09. The minimum atomic E-state index is -1.07. The first kappa shape index (κ1) is 16.9. The molecule has 0 unspecified atom stereocenters. The molecule has 1 heterocycles. The number of nitrogens with zero attached hydrogens (tertiary/aromatic N) is 2. The van der Waals surface area contributed by atoms with Crippen molar-refractivity contribution in [3.8, 4) is 11.6 Å². The quantitative estimate of drug-likeness (QED) is 0.617. The normalized spacial score (nSPS) is 10.9. The Kier molecular flexibility index (Phi) is 4.48. The van der Waals surface area contributed by atoms with Crippen molar-refractivity contribution < 1.29 is 15.0 Å². The zero-order valence-electron chi connectivity index (χ0n) is 13.3. The molecule has 0 bridgehead atoms. The number of para-hydroxylation sites is 1. The van der Waals surface area contributed by atoms with Gasteiger partial charge in [0, 0.05) is 6.21 Å². The Morgan fingerprint density at radius 3 is 2.31 bits per heavy atom. The van der Waals surface area contributed by atoms with E-state index in [0.29, 0.717) is 11.4 Å². The van der Waals surface area contributed by atoms with Crippen LogP contribution in [-0.2, 0) is 0 Å². The molecule has 0 saturated heterocycles.